The van der Waals surface area contributed by atoms with Gasteiger partial charge in [0.05, 0.1) is 5.92 Å². The molecule has 0 heterocycles. The molecule has 1 fully saturated rings. The molecular formula is C8H12O2. The zero-order valence-electron chi connectivity index (χ0n) is 6.13. The van der Waals surface area contributed by atoms with Crippen LogP contribution in [0.2, 0.25) is 0 Å². The van der Waals surface area contributed by atoms with Crippen LogP contribution in [0.15, 0.2) is 12.7 Å². The SMILES string of the molecule is C=CC1(C)CCC1C(=O)O. The summed E-state index contributed by atoms with van der Waals surface area (Å²) in [5.41, 5.74) is -0.133. The Morgan fingerprint density at radius 2 is 2.50 bits per heavy atom. The van der Waals surface area contributed by atoms with Crippen LogP contribution in [0.3, 0.4) is 0 Å². The quantitative estimate of drug-likeness (QED) is 0.592. The maximum absolute atomic E-state index is 10.5. The van der Waals surface area contributed by atoms with Gasteiger partial charge in [-0.05, 0) is 18.3 Å². The maximum atomic E-state index is 10.5. The summed E-state index contributed by atoms with van der Waals surface area (Å²) in [6, 6.07) is 0. The van der Waals surface area contributed by atoms with Crippen molar-refractivity contribution >= 4 is 5.97 Å². The van der Waals surface area contributed by atoms with E-state index in [-0.39, 0.29) is 11.3 Å². The van der Waals surface area contributed by atoms with Crippen LogP contribution in [0.25, 0.3) is 0 Å². The van der Waals surface area contributed by atoms with Crippen LogP contribution in [0.5, 0.6) is 0 Å². The first-order chi connectivity index (χ1) is 4.60. The van der Waals surface area contributed by atoms with Gasteiger partial charge in [-0.2, -0.15) is 0 Å². The molecule has 1 rings (SSSR count). The van der Waals surface area contributed by atoms with Gasteiger partial charge in [-0.1, -0.05) is 13.0 Å². The number of rotatable bonds is 2. The fraction of sp³-hybridized carbons (Fsp3) is 0.625. The topological polar surface area (TPSA) is 37.3 Å². The van der Waals surface area contributed by atoms with E-state index >= 15 is 0 Å². The Balaban J connectivity index is 2.66. The predicted molar refractivity (Wildman–Crippen MR) is 38.7 cm³/mol. The van der Waals surface area contributed by atoms with Gasteiger partial charge in [-0.15, -0.1) is 6.58 Å². The van der Waals surface area contributed by atoms with Gasteiger partial charge in [-0.3, -0.25) is 4.79 Å². The Morgan fingerprint density at radius 1 is 1.90 bits per heavy atom. The Kier molecular flexibility index (Phi) is 1.55. The zero-order chi connectivity index (χ0) is 7.78. The van der Waals surface area contributed by atoms with E-state index < -0.39 is 5.97 Å². The number of hydrogen-bond donors (Lipinski definition) is 1. The van der Waals surface area contributed by atoms with E-state index in [0.29, 0.717) is 0 Å². The monoisotopic (exact) mass is 140 g/mol. The fourth-order valence-corrected chi connectivity index (χ4v) is 1.39. The number of allylic oxidation sites excluding steroid dienone is 1. The van der Waals surface area contributed by atoms with Crippen molar-refractivity contribution in [2.24, 2.45) is 11.3 Å². The lowest BCUT2D eigenvalue weighted by Gasteiger charge is -2.42. The van der Waals surface area contributed by atoms with E-state index in [0.717, 1.165) is 12.8 Å². The van der Waals surface area contributed by atoms with Gasteiger partial charge < -0.3 is 5.11 Å². The standard InChI is InChI=1S/C8H12O2/c1-3-8(2)5-4-6(8)7(9)10/h3,6H,1,4-5H2,2H3,(H,9,10). The van der Waals surface area contributed by atoms with Crippen LogP contribution in [-0.4, -0.2) is 11.1 Å². The second kappa shape index (κ2) is 2.11. The summed E-state index contributed by atoms with van der Waals surface area (Å²) in [5, 5.41) is 8.65. The highest BCUT2D eigenvalue weighted by atomic mass is 16.4. The zero-order valence-corrected chi connectivity index (χ0v) is 6.13. The van der Waals surface area contributed by atoms with E-state index in [4.69, 9.17) is 5.11 Å². The number of hydrogen-bond acceptors (Lipinski definition) is 1. The third-order valence-corrected chi connectivity index (χ3v) is 2.53. The molecule has 0 aliphatic heterocycles. The van der Waals surface area contributed by atoms with Crippen molar-refractivity contribution in [1.82, 2.24) is 0 Å². The van der Waals surface area contributed by atoms with Gasteiger partial charge in [0.25, 0.3) is 0 Å². The molecule has 2 heteroatoms. The normalized spacial score (nSPS) is 38.3. The van der Waals surface area contributed by atoms with Crippen molar-refractivity contribution < 1.29 is 9.90 Å². The molecule has 56 valence electrons. The maximum Gasteiger partial charge on any atom is 0.307 e. The molecule has 0 aromatic rings. The highest BCUT2D eigenvalue weighted by molar-refractivity contribution is 5.72. The highest BCUT2D eigenvalue weighted by Gasteiger charge is 2.44. The summed E-state index contributed by atoms with van der Waals surface area (Å²) < 4.78 is 0. The number of carboxylic acids is 1. The van der Waals surface area contributed by atoms with Gasteiger partial charge >= 0.3 is 5.97 Å². The molecular weight excluding hydrogens is 128 g/mol. The van der Waals surface area contributed by atoms with Crippen molar-refractivity contribution in [1.29, 1.82) is 0 Å². The highest BCUT2D eigenvalue weighted by Crippen LogP contribution is 2.47. The lowest BCUT2D eigenvalue weighted by molar-refractivity contribution is -0.150. The molecule has 1 saturated carbocycles. The third-order valence-electron chi connectivity index (χ3n) is 2.53. The first-order valence-electron chi connectivity index (χ1n) is 3.46. The molecule has 0 saturated heterocycles. The van der Waals surface area contributed by atoms with Gasteiger partial charge in [0.15, 0.2) is 0 Å². The minimum absolute atomic E-state index is 0.133. The van der Waals surface area contributed by atoms with Crippen LogP contribution in [0.4, 0.5) is 0 Å². The molecule has 2 nitrogen and oxygen atoms in total. The molecule has 2 atom stereocenters. The van der Waals surface area contributed by atoms with Gasteiger partial charge in [0.2, 0.25) is 0 Å². The van der Waals surface area contributed by atoms with Crippen molar-refractivity contribution in [2.75, 3.05) is 0 Å². The molecule has 1 N–H and O–H groups in total. The van der Waals surface area contributed by atoms with Crippen LogP contribution in [0, 0.1) is 11.3 Å². The second-order valence-corrected chi connectivity index (χ2v) is 3.14. The van der Waals surface area contributed by atoms with Crippen molar-refractivity contribution in [2.45, 2.75) is 19.8 Å². The molecule has 0 amide bonds. The molecule has 1 aliphatic carbocycles. The van der Waals surface area contributed by atoms with Crippen LogP contribution < -0.4 is 0 Å². The van der Waals surface area contributed by atoms with E-state index in [9.17, 15) is 4.79 Å². The van der Waals surface area contributed by atoms with E-state index in [2.05, 4.69) is 6.58 Å². The summed E-state index contributed by atoms with van der Waals surface area (Å²) in [6.07, 6.45) is 3.53. The number of carbonyl (C=O) groups is 1. The summed E-state index contributed by atoms with van der Waals surface area (Å²) >= 11 is 0. The van der Waals surface area contributed by atoms with Gasteiger partial charge in [-0.25, -0.2) is 0 Å². The molecule has 2 unspecified atom stereocenters. The van der Waals surface area contributed by atoms with Gasteiger partial charge in [0.1, 0.15) is 0 Å². The minimum atomic E-state index is -0.686. The molecule has 0 bridgehead atoms. The number of carboxylic acid groups (broad SMARTS) is 1. The third kappa shape index (κ3) is 0.838. The molecule has 0 spiro atoms. The molecule has 1 aliphatic rings. The first kappa shape index (κ1) is 7.32. The second-order valence-electron chi connectivity index (χ2n) is 3.14. The smallest absolute Gasteiger partial charge is 0.307 e. The van der Waals surface area contributed by atoms with Crippen LogP contribution >= 0.6 is 0 Å². The van der Waals surface area contributed by atoms with Gasteiger partial charge in [0, 0.05) is 0 Å². The Hall–Kier alpha value is -0.790. The molecule has 0 radical (unpaired) electrons. The Morgan fingerprint density at radius 3 is 2.60 bits per heavy atom. The average molecular weight is 140 g/mol. The van der Waals surface area contributed by atoms with Crippen LogP contribution in [0.1, 0.15) is 19.8 Å². The van der Waals surface area contributed by atoms with Crippen molar-refractivity contribution in [3.8, 4) is 0 Å². The first-order valence-corrected chi connectivity index (χ1v) is 3.46. The van der Waals surface area contributed by atoms with E-state index in [1.807, 2.05) is 6.92 Å². The lowest BCUT2D eigenvalue weighted by Crippen LogP contribution is -2.40. The summed E-state index contributed by atoms with van der Waals surface area (Å²) in [6.45, 7) is 5.57. The van der Waals surface area contributed by atoms with Crippen LogP contribution in [-0.2, 0) is 4.79 Å². The molecule has 0 aromatic heterocycles. The predicted octanol–water partition coefficient (Wildman–Crippen LogP) is 1.67. The lowest BCUT2D eigenvalue weighted by atomic mass is 9.61. The summed E-state index contributed by atoms with van der Waals surface area (Å²) in [5.74, 6) is -0.876. The van der Waals surface area contributed by atoms with E-state index in [1.165, 1.54) is 0 Å². The largest absolute Gasteiger partial charge is 0.481 e. The fourth-order valence-electron chi connectivity index (χ4n) is 1.39. The van der Waals surface area contributed by atoms with Crippen molar-refractivity contribution in [3.63, 3.8) is 0 Å². The molecule has 0 aromatic carbocycles. The Bertz CT molecular complexity index is 174. The number of aliphatic carboxylic acids is 1. The summed E-state index contributed by atoms with van der Waals surface area (Å²) in [7, 11) is 0. The Labute approximate surface area is 60.6 Å². The molecule has 10 heavy (non-hydrogen) atoms. The summed E-state index contributed by atoms with van der Waals surface area (Å²) in [4.78, 5) is 10.5. The van der Waals surface area contributed by atoms with Crippen molar-refractivity contribution in [3.05, 3.63) is 12.7 Å². The van der Waals surface area contributed by atoms with E-state index in [1.54, 1.807) is 6.08 Å². The average Bonchev–Trinajstić information content (AvgIpc) is 1.83. The minimum Gasteiger partial charge on any atom is -0.481 e.